The molecule has 0 fully saturated rings. The van der Waals surface area contributed by atoms with Crippen molar-refractivity contribution in [3.63, 3.8) is 0 Å². The van der Waals surface area contributed by atoms with Gasteiger partial charge in [0.05, 0.1) is 0 Å². The van der Waals surface area contributed by atoms with Gasteiger partial charge in [0.1, 0.15) is 0 Å². The standard InChI is InChI=1S/C6H10I.6FH.12H2O.6O.6Sb/c1-3-5-7-6-4-2;;;;;;;;;;;;;;;;;;;;;;;;;;;;;;/h3-4H,1-2,5-6H2;6*1H;12*1H2;;;;;;;;;;;;/q+1;;;;;;;;;;;;;;;;;;;;;;;;;6*+3/p-18. The third-order valence-corrected chi connectivity index (χ3v) is 2.93. The molecule has 0 atom stereocenters. The number of hydrogen-bond acceptors (Lipinski definition) is 6. The molecule has 0 spiro atoms. The Labute approximate surface area is 248 Å². The summed E-state index contributed by atoms with van der Waals surface area (Å²) in [6, 6.07) is 0. The molecule has 18 nitrogen and oxygen atoms in total. The first-order valence-electron chi connectivity index (χ1n) is 6.68. The molecule has 0 amide bonds. The van der Waals surface area contributed by atoms with Crippen molar-refractivity contribution in [2.45, 2.75) is 0 Å². The van der Waals surface area contributed by atoms with Crippen LogP contribution in [-0.4, -0.2) is 171 Å². The van der Waals surface area contributed by atoms with Gasteiger partial charge in [0.2, 0.25) is 0 Å². The number of alkyl halides is 2. The average Bonchev–Trinajstić information content (AvgIpc) is 2.36. The summed E-state index contributed by atoms with van der Waals surface area (Å²) in [5, 5.41) is 0. The molecular formula is C6H22F6IO18Sb6+. The number of hydrogen-bond donors (Lipinski definition) is 12. The Kier molecular flexibility index (Phi) is 44.0. The van der Waals surface area contributed by atoms with E-state index in [4.69, 9.17) is 58.7 Å². The van der Waals surface area contributed by atoms with Gasteiger partial charge in [-0.2, -0.15) is 0 Å². The fourth-order valence-electron chi connectivity index (χ4n) is 0.217. The van der Waals surface area contributed by atoms with Crippen LogP contribution in [0.1, 0.15) is 0 Å². The van der Waals surface area contributed by atoms with Gasteiger partial charge in [-0.1, -0.05) is 13.2 Å². The molecule has 232 valence electrons. The summed E-state index contributed by atoms with van der Waals surface area (Å²) < 4.78 is 202. The van der Waals surface area contributed by atoms with Gasteiger partial charge in [-0.15, -0.1) is 0 Å². The number of halogens is 7. The Morgan fingerprint density at radius 3 is 0.568 bits per heavy atom. The van der Waals surface area contributed by atoms with E-state index in [1.165, 1.54) is 8.86 Å². The Morgan fingerprint density at radius 1 is 0.432 bits per heavy atom. The van der Waals surface area contributed by atoms with Crippen LogP contribution in [0.15, 0.2) is 25.3 Å². The summed E-state index contributed by atoms with van der Waals surface area (Å²) in [7, 11) is 0. The molecular weight excluding hydrogens is 1330 g/mol. The quantitative estimate of drug-likeness (QED) is 0.0311. The van der Waals surface area contributed by atoms with Crippen molar-refractivity contribution in [3.8, 4) is 0 Å². The summed E-state index contributed by atoms with van der Waals surface area (Å²) in [6.45, 7) is 7.25. The van der Waals surface area contributed by atoms with E-state index in [9.17, 15) is 16.9 Å². The van der Waals surface area contributed by atoms with Crippen LogP contribution in [-0.2, 0) is 18.1 Å². The second kappa shape index (κ2) is 29.1. The predicted octanol–water partition coefficient (Wildman–Crippen LogP) is -8.71. The van der Waals surface area contributed by atoms with E-state index >= 15 is 0 Å². The van der Waals surface area contributed by atoms with Crippen molar-refractivity contribution >= 4 is 121 Å². The molecule has 0 bridgehead atoms. The van der Waals surface area contributed by atoms with Crippen molar-refractivity contribution in [1.29, 1.82) is 0 Å². The first kappa shape index (κ1) is 55.9. The molecule has 0 aromatic carbocycles. The summed E-state index contributed by atoms with van der Waals surface area (Å²) in [4.78, 5) is 0. The average molecular weight is 1350 g/mol. The van der Waals surface area contributed by atoms with Gasteiger partial charge in [0.15, 0.2) is 8.86 Å². The fraction of sp³-hybridized carbons (Fsp3) is 0.333. The van der Waals surface area contributed by atoms with Gasteiger partial charge < -0.3 is 0 Å². The molecule has 0 radical (unpaired) electrons. The Morgan fingerprint density at radius 2 is 0.514 bits per heavy atom. The Hall–Kier alpha value is 3.02. The molecule has 37 heavy (non-hydrogen) atoms. The van der Waals surface area contributed by atoms with Crippen LogP contribution in [0.4, 0.5) is 16.9 Å². The molecule has 0 saturated heterocycles. The van der Waals surface area contributed by atoms with Gasteiger partial charge in [-0.3, -0.25) is 0 Å². The van der Waals surface area contributed by atoms with Crippen molar-refractivity contribution < 1.29 is 96.8 Å². The molecule has 0 rings (SSSR count). The van der Waals surface area contributed by atoms with E-state index in [1.807, 2.05) is 12.2 Å². The molecule has 0 saturated carbocycles. The van der Waals surface area contributed by atoms with Crippen molar-refractivity contribution in [2.75, 3.05) is 8.86 Å². The molecule has 0 aromatic rings. The molecule has 0 aliphatic carbocycles. The van der Waals surface area contributed by atoms with Gasteiger partial charge in [-0.05, 0) is 12.2 Å². The van der Waals surface area contributed by atoms with Gasteiger partial charge >= 0.3 is 197 Å². The monoisotopic (exact) mass is 1350 g/mol. The van der Waals surface area contributed by atoms with Crippen LogP contribution in [0, 0.1) is 0 Å². The van der Waals surface area contributed by atoms with Crippen molar-refractivity contribution in [2.24, 2.45) is 0 Å². The molecule has 12 N–H and O–H groups in total. The van der Waals surface area contributed by atoms with E-state index in [0.717, 1.165) is 0 Å². The molecule has 31 heteroatoms. The topological polar surface area (TPSA) is 345 Å². The Bertz CT molecular complexity index is 625. The Balaban J connectivity index is -0.0000000570. The second-order valence-electron chi connectivity index (χ2n) is 3.91. The van der Waals surface area contributed by atoms with E-state index < -0.39 is 121 Å². The van der Waals surface area contributed by atoms with Crippen LogP contribution >= 0.6 is 0 Å². The number of rotatable bonds is 4. The van der Waals surface area contributed by atoms with E-state index in [2.05, 4.69) is 13.2 Å². The first-order valence-corrected chi connectivity index (χ1v) is 35.5. The fourth-order valence-corrected chi connectivity index (χ4v) is 1.46. The third-order valence-electron chi connectivity index (χ3n) is 0.436. The second-order valence-corrected chi connectivity index (χ2v) is 23.0. The molecule has 0 aromatic heterocycles. The van der Waals surface area contributed by atoms with Gasteiger partial charge in [0, 0.05) is 0 Å². The van der Waals surface area contributed by atoms with E-state index in [0.29, 0.717) is 21.2 Å². The molecule has 0 heterocycles. The van der Waals surface area contributed by atoms with Crippen molar-refractivity contribution in [1.82, 2.24) is 0 Å². The third kappa shape index (κ3) is 1090. The first-order chi connectivity index (χ1) is 15.4. The maximum absolute atomic E-state index is 10.4. The maximum atomic E-state index is 10.4. The molecule has 0 aliphatic rings. The minimum atomic E-state index is -5.85. The van der Waals surface area contributed by atoms with Crippen LogP contribution in [0.5, 0.6) is 0 Å². The molecule has 0 unspecified atom stereocenters. The van der Waals surface area contributed by atoms with Crippen LogP contribution in [0.2, 0.25) is 0 Å². The van der Waals surface area contributed by atoms with Crippen molar-refractivity contribution in [3.05, 3.63) is 25.3 Å². The normalized spacial score (nSPS) is 11.1. The zero-order valence-electron chi connectivity index (χ0n) is 17.1. The van der Waals surface area contributed by atoms with E-state index in [-0.39, 0.29) is 0 Å². The zero-order valence-corrected chi connectivity index (χ0v) is 34.6. The summed E-state index contributed by atoms with van der Waals surface area (Å²) >= 11 is -34.7. The molecule has 0 aliphatic heterocycles. The van der Waals surface area contributed by atoms with E-state index in [1.54, 1.807) is 0 Å². The SMILES string of the molecule is C=CC[I+]CC=C.[O]=[Sb]([OH])([OH])[F].[O]=[Sb]([OH])([OH])[F].[O]=[Sb]([OH])([OH])[F].[O]=[Sb]([OH])([OH])[F].[O]=[Sb]([OH])([OH])[F].[O]=[Sb]([OH])([OH])[F]. The predicted molar refractivity (Wildman–Crippen MR) is 102 cm³/mol. The van der Waals surface area contributed by atoms with Gasteiger partial charge in [0.25, 0.3) is 21.2 Å². The van der Waals surface area contributed by atoms with Gasteiger partial charge in [-0.25, -0.2) is 0 Å². The van der Waals surface area contributed by atoms with Crippen LogP contribution in [0.25, 0.3) is 0 Å². The number of allylic oxidation sites excluding steroid dienone is 2. The summed E-state index contributed by atoms with van der Waals surface area (Å²) in [5.74, 6) is 0. The minimum absolute atomic E-state index is 0.389. The summed E-state index contributed by atoms with van der Waals surface area (Å²) in [6.07, 6.45) is 3.97. The van der Waals surface area contributed by atoms with Crippen LogP contribution < -0.4 is 21.2 Å². The summed E-state index contributed by atoms with van der Waals surface area (Å²) in [5.41, 5.74) is 0. The van der Waals surface area contributed by atoms with Crippen LogP contribution in [0.3, 0.4) is 0 Å². The zero-order chi connectivity index (χ0) is 32.5.